The lowest BCUT2D eigenvalue weighted by Gasteiger charge is -2.15. The lowest BCUT2D eigenvalue weighted by molar-refractivity contribution is -0.137. The zero-order valence-corrected chi connectivity index (χ0v) is 17.4. The molecule has 0 radical (unpaired) electrons. The number of halogens is 3. The number of alkyl halides is 3. The first-order valence-corrected chi connectivity index (χ1v) is 9.69. The zero-order chi connectivity index (χ0) is 23.3. The number of nitrogens with two attached hydrogens (primary N) is 1. The Kier molecular flexibility index (Phi) is 6.77. The van der Waals surface area contributed by atoms with E-state index in [-0.39, 0.29) is 28.9 Å². The molecule has 0 aliphatic heterocycles. The molecule has 0 fully saturated rings. The van der Waals surface area contributed by atoms with Gasteiger partial charge in [-0.3, -0.25) is 4.79 Å². The summed E-state index contributed by atoms with van der Waals surface area (Å²) >= 11 is 0. The number of ether oxygens (including phenoxy) is 1. The van der Waals surface area contributed by atoms with Crippen molar-refractivity contribution >= 4 is 11.4 Å². The van der Waals surface area contributed by atoms with Crippen molar-refractivity contribution in [2.45, 2.75) is 26.1 Å². The molecule has 0 unspecified atom stereocenters. The second-order valence-corrected chi connectivity index (χ2v) is 7.02. The second kappa shape index (κ2) is 9.51. The molecule has 0 saturated heterocycles. The average Bonchev–Trinajstić information content (AvgIpc) is 2.75. The van der Waals surface area contributed by atoms with Crippen molar-refractivity contribution in [2.24, 2.45) is 10.7 Å². The number of aliphatic imine (C=N–C) groups is 1. The molecule has 0 aliphatic rings. The van der Waals surface area contributed by atoms with Crippen LogP contribution >= 0.6 is 0 Å². The van der Waals surface area contributed by atoms with Crippen molar-refractivity contribution in [1.29, 1.82) is 0 Å². The molecule has 1 heterocycles. The van der Waals surface area contributed by atoms with Crippen molar-refractivity contribution in [3.8, 4) is 11.4 Å². The van der Waals surface area contributed by atoms with Gasteiger partial charge in [0.25, 0.3) is 5.43 Å². The Morgan fingerprint density at radius 1 is 1.16 bits per heavy atom. The van der Waals surface area contributed by atoms with Crippen molar-refractivity contribution in [2.75, 3.05) is 0 Å². The molecular weight excluding hydrogens is 421 g/mol. The van der Waals surface area contributed by atoms with Gasteiger partial charge in [-0.05, 0) is 56.5 Å². The Hall–Kier alpha value is -3.88. The molecule has 2 N–H and O–H groups in total. The summed E-state index contributed by atoms with van der Waals surface area (Å²) in [6.45, 7) is 3.46. The maximum Gasteiger partial charge on any atom is 0.416 e. The van der Waals surface area contributed by atoms with E-state index in [0.29, 0.717) is 5.69 Å². The first-order chi connectivity index (χ1) is 15.2. The van der Waals surface area contributed by atoms with E-state index in [1.165, 1.54) is 30.6 Å². The van der Waals surface area contributed by atoms with E-state index in [9.17, 15) is 18.0 Å². The number of aromatic nitrogens is 2. The molecule has 6 nitrogen and oxygen atoms in total. The highest BCUT2D eigenvalue weighted by molar-refractivity contribution is 6.08. The van der Waals surface area contributed by atoms with Crippen LogP contribution in [0.3, 0.4) is 0 Å². The van der Waals surface area contributed by atoms with Gasteiger partial charge in [-0.25, -0.2) is 9.67 Å². The number of allylic oxidation sites excluding steroid dienone is 1. The Morgan fingerprint density at radius 2 is 1.88 bits per heavy atom. The fourth-order valence-corrected chi connectivity index (χ4v) is 2.83. The maximum atomic E-state index is 13.2. The second-order valence-electron chi connectivity index (χ2n) is 7.02. The van der Waals surface area contributed by atoms with Crippen LogP contribution in [0.25, 0.3) is 5.69 Å². The summed E-state index contributed by atoms with van der Waals surface area (Å²) in [5.74, 6) is -0.0754. The van der Waals surface area contributed by atoms with Gasteiger partial charge in [-0.15, -0.1) is 0 Å². The van der Waals surface area contributed by atoms with Gasteiger partial charge in [0.15, 0.2) is 11.4 Å². The predicted molar refractivity (Wildman–Crippen MR) is 117 cm³/mol. The van der Waals surface area contributed by atoms with E-state index in [2.05, 4.69) is 10.1 Å². The van der Waals surface area contributed by atoms with Crippen LogP contribution in [0, 0.1) is 0 Å². The van der Waals surface area contributed by atoms with Gasteiger partial charge in [-0.1, -0.05) is 24.3 Å². The van der Waals surface area contributed by atoms with Crippen molar-refractivity contribution in [3.63, 3.8) is 0 Å². The smallest absolute Gasteiger partial charge is 0.416 e. The van der Waals surface area contributed by atoms with Gasteiger partial charge >= 0.3 is 6.18 Å². The molecule has 0 saturated carbocycles. The molecule has 0 aliphatic carbocycles. The highest BCUT2D eigenvalue weighted by atomic mass is 19.4. The molecular formula is C23H21F3N4O2. The number of rotatable bonds is 6. The van der Waals surface area contributed by atoms with Gasteiger partial charge < -0.3 is 10.5 Å². The fraction of sp³-hybridized carbons (Fsp3) is 0.174. The van der Waals surface area contributed by atoms with Crippen LogP contribution in [0.1, 0.15) is 25.1 Å². The lowest BCUT2D eigenvalue weighted by Crippen LogP contribution is -2.25. The van der Waals surface area contributed by atoms with Crippen molar-refractivity contribution in [3.05, 3.63) is 94.6 Å². The first-order valence-electron chi connectivity index (χ1n) is 9.69. The van der Waals surface area contributed by atoms with E-state index < -0.39 is 17.2 Å². The molecule has 2 aromatic carbocycles. The summed E-state index contributed by atoms with van der Waals surface area (Å²) in [5, 5.41) is 4.27. The number of hydrogen-bond donors (Lipinski definition) is 1. The average molecular weight is 442 g/mol. The van der Waals surface area contributed by atoms with Crippen LogP contribution < -0.4 is 15.9 Å². The van der Waals surface area contributed by atoms with Crippen LogP contribution in [0.4, 0.5) is 18.9 Å². The third-order valence-corrected chi connectivity index (χ3v) is 4.19. The monoisotopic (exact) mass is 442 g/mol. The van der Waals surface area contributed by atoms with E-state index in [4.69, 9.17) is 10.5 Å². The minimum absolute atomic E-state index is 0.0754. The highest BCUT2D eigenvalue weighted by Gasteiger charge is 2.30. The lowest BCUT2D eigenvalue weighted by atomic mass is 10.2. The fourth-order valence-electron chi connectivity index (χ4n) is 2.83. The van der Waals surface area contributed by atoms with E-state index in [1.54, 1.807) is 38.1 Å². The topological polar surface area (TPSA) is 82.5 Å². The standard InChI is InChI=1S/C23H21F3N4O2/c1-15(2)32-20-14-30(18-10-6-7-16(13-18)23(24,25)26)29-21(22(20)31)19(11-12-27)28-17-8-4-3-5-9-17/h3-15H,27H2,1-2H3. The number of para-hydroxylation sites is 1. The van der Waals surface area contributed by atoms with Gasteiger partial charge in [-0.2, -0.15) is 18.3 Å². The minimum atomic E-state index is -4.53. The Balaban J connectivity index is 2.24. The number of hydrogen-bond acceptors (Lipinski definition) is 5. The molecule has 1 aromatic heterocycles. The zero-order valence-electron chi connectivity index (χ0n) is 17.4. The van der Waals surface area contributed by atoms with Crippen LogP contribution in [0.15, 0.2) is 82.9 Å². The number of nitrogens with zero attached hydrogens (tertiary/aromatic N) is 3. The van der Waals surface area contributed by atoms with Crippen LogP contribution in [-0.2, 0) is 6.18 Å². The van der Waals surface area contributed by atoms with E-state index in [0.717, 1.165) is 16.8 Å². The van der Waals surface area contributed by atoms with Crippen LogP contribution in [0.5, 0.6) is 5.75 Å². The quantitative estimate of drug-likeness (QED) is 0.564. The molecule has 0 amide bonds. The Labute approximate surface area is 182 Å². The Morgan fingerprint density at radius 3 is 2.50 bits per heavy atom. The van der Waals surface area contributed by atoms with Crippen molar-refractivity contribution < 1.29 is 17.9 Å². The molecule has 3 aromatic rings. The molecule has 166 valence electrons. The summed E-state index contributed by atoms with van der Waals surface area (Å²) in [5.41, 5.74) is 4.81. The molecule has 32 heavy (non-hydrogen) atoms. The highest BCUT2D eigenvalue weighted by Crippen LogP contribution is 2.30. The number of benzene rings is 2. The third kappa shape index (κ3) is 5.42. The summed E-state index contributed by atoms with van der Waals surface area (Å²) in [7, 11) is 0. The molecule has 9 heteroatoms. The largest absolute Gasteiger partial charge is 0.485 e. The van der Waals surface area contributed by atoms with Crippen LogP contribution in [0.2, 0.25) is 0 Å². The summed E-state index contributed by atoms with van der Waals surface area (Å²) in [6, 6.07) is 13.4. The summed E-state index contributed by atoms with van der Waals surface area (Å²) in [4.78, 5) is 17.5. The van der Waals surface area contributed by atoms with Crippen molar-refractivity contribution in [1.82, 2.24) is 9.78 Å². The van der Waals surface area contributed by atoms with Gasteiger partial charge in [0.1, 0.15) is 0 Å². The van der Waals surface area contributed by atoms with E-state index in [1.807, 2.05) is 6.07 Å². The predicted octanol–water partition coefficient (Wildman–Crippen LogP) is 4.63. The summed E-state index contributed by atoms with van der Waals surface area (Å²) < 4.78 is 46.4. The third-order valence-electron chi connectivity index (χ3n) is 4.19. The minimum Gasteiger partial charge on any atom is -0.485 e. The SMILES string of the molecule is CC(C)Oc1cn(-c2cccc(C(F)(F)F)c2)nc(C(C=CN)=Nc2ccccc2)c1=O. The van der Waals surface area contributed by atoms with Gasteiger partial charge in [0.05, 0.1) is 35.0 Å². The molecule has 3 rings (SSSR count). The maximum absolute atomic E-state index is 13.2. The molecule has 0 bridgehead atoms. The van der Waals surface area contributed by atoms with Gasteiger partial charge in [0, 0.05) is 0 Å². The first kappa shape index (κ1) is 22.8. The summed E-state index contributed by atoms with van der Waals surface area (Å²) in [6.07, 6.45) is -1.03. The van der Waals surface area contributed by atoms with E-state index >= 15 is 0 Å². The molecule has 0 spiro atoms. The normalized spacial score (nSPS) is 12.5. The Bertz CT molecular complexity index is 1200. The van der Waals surface area contributed by atoms with Gasteiger partial charge in [0.2, 0.25) is 0 Å². The van der Waals surface area contributed by atoms with Crippen LogP contribution in [-0.4, -0.2) is 21.6 Å². The molecule has 0 atom stereocenters.